The molecule has 1 saturated carbocycles. The van der Waals surface area contributed by atoms with Crippen molar-refractivity contribution in [2.75, 3.05) is 13.7 Å². The molecule has 0 saturated heterocycles. The van der Waals surface area contributed by atoms with Gasteiger partial charge in [-0.25, -0.2) is 0 Å². The predicted octanol–water partition coefficient (Wildman–Crippen LogP) is 4.14. The summed E-state index contributed by atoms with van der Waals surface area (Å²) in [5.74, 6) is 0. The van der Waals surface area contributed by atoms with Crippen molar-refractivity contribution in [3.63, 3.8) is 0 Å². The highest BCUT2D eigenvalue weighted by atomic mass is 16.5. The van der Waals surface area contributed by atoms with Gasteiger partial charge >= 0.3 is 0 Å². The molecule has 1 atom stereocenters. The Morgan fingerprint density at radius 3 is 2.33 bits per heavy atom. The van der Waals surface area contributed by atoms with E-state index in [0.717, 1.165) is 6.54 Å². The van der Waals surface area contributed by atoms with Gasteiger partial charge in [-0.05, 0) is 56.9 Å². The summed E-state index contributed by atoms with van der Waals surface area (Å²) in [4.78, 5) is 0. The number of methoxy groups -OCH3 is 1. The molecule has 1 unspecified atom stereocenters. The largest absolute Gasteiger partial charge is 0.378 e. The lowest BCUT2D eigenvalue weighted by molar-refractivity contribution is -0.0842. The number of nitrogens with one attached hydrogen (secondary N) is 1. The van der Waals surface area contributed by atoms with Crippen molar-refractivity contribution in [1.29, 1.82) is 0 Å². The SMILES string of the molecule is CCCNC(CCC(C)(C)C)CC1(OC)CCC1. The number of hydrogen-bond acceptors (Lipinski definition) is 2. The molecule has 1 aliphatic rings. The average Bonchev–Trinajstić information content (AvgIpc) is 2.25. The van der Waals surface area contributed by atoms with Gasteiger partial charge in [-0.2, -0.15) is 0 Å². The van der Waals surface area contributed by atoms with Crippen LogP contribution in [0.25, 0.3) is 0 Å². The number of rotatable bonds is 8. The zero-order chi connectivity index (χ0) is 13.6. The molecule has 1 aliphatic carbocycles. The summed E-state index contributed by atoms with van der Waals surface area (Å²) in [5, 5.41) is 3.72. The lowest BCUT2D eigenvalue weighted by Crippen LogP contribution is -2.46. The molecule has 2 heteroatoms. The minimum atomic E-state index is 0.198. The summed E-state index contributed by atoms with van der Waals surface area (Å²) < 4.78 is 5.78. The summed E-state index contributed by atoms with van der Waals surface area (Å²) in [6.45, 7) is 10.4. The maximum absolute atomic E-state index is 5.78. The van der Waals surface area contributed by atoms with Crippen LogP contribution in [0.15, 0.2) is 0 Å². The average molecular weight is 255 g/mol. The molecule has 0 radical (unpaired) electrons. The maximum atomic E-state index is 5.78. The normalized spacial score (nSPS) is 20.5. The quantitative estimate of drug-likeness (QED) is 0.704. The first-order valence-corrected chi connectivity index (χ1v) is 7.69. The van der Waals surface area contributed by atoms with E-state index in [1.807, 2.05) is 7.11 Å². The van der Waals surface area contributed by atoms with Crippen molar-refractivity contribution < 1.29 is 4.74 Å². The van der Waals surface area contributed by atoms with Crippen molar-refractivity contribution in [2.24, 2.45) is 5.41 Å². The van der Waals surface area contributed by atoms with Crippen LogP contribution in [0.3, 0.4) is 0 Å². The van der Waals surface area contributed by atoms with Crippen LogP contribution in [0.5, 0.6) is 0 Å². The zero-order valence-corrected chi connectivity index (χ0v) is 13.1. The van der Waals surface area contributed by atoms with Crippen LogP contribution < -0.4 is 5.32 Å². The van der Waals surface area contributed by atoms with E-state index in [4.69, 9.17) is 4.74 Å². The van der Waals surface area contributed by atoms with Crippen molar-refractivity contribution in [2.45, 2.75) is 84.3 Å². The smallest absolute Gasteiger partial charge is 0.0693 e. The molecule has 0 aliphatic heterocycles. The Labute approximate surface area is 114 Å². The van der Waals surface area contributed by atoms with Gasteiger partial charge in [0.05, 0.1) is 5.60 Å². The molecule has 0 aromatic rings. The van der Waals surface area contributed by atoms with Crippen molar-refractivity contribution in [3.05, 3.63) is 0 Å². The molecule has 1 rings (SSSR count). The third-order valence-corrected chi connectivity index (χ3v) is 4.24. The summed E-state index contributed by atoms with van der Waals surface area (Å²) in [6, 6.07) is 0.629. The standard InChI is InChI=1S/C16H33NO/c1-6-12-17-14(8-11-15(2,3)4)13-16(18-5)9-7-10-16/h14,17H,6-13H2,1-5H3. The van der Waals surface area contributed by atoms with Gasteiger partial charge in [-0.15, -0.1) is 0 Å². The van der Waals surface area contributed by atoms with Gasteiger partial charge < -0.3 is 10.1 Å². The van der Waals surface area contributed by atoms with Crippen LogP contribution >= 0.6 is 0 Å². The Morgan fingerprint density at radius 2 is 1.94 bits per heavy atom. The van der Waals surface area contributed by atoms with Crippen molar-refractivity contribution in [3.8, 4) is 0 Å². The van der Waals surface area contributed by atoms with Crippen LogP contribution in [0, 0.1) is 5.41 Å². The molecule has 1 fully saturated rings. The number of hydrogen-bond donors (Lipinski definition) is 1. The lowest BCUT2D eigenvalue weighted by Gasteiger charge is -2.43. The summed E-state index contributed by atoms with van der Waals surface area (Å²) in [5.41, 5.74) is 0.634. The first kappa shape index (κ1) is 16.0. The van der Waals surface area contributed by atoms with Crippen LogP contribution in [0.1, 0.15) is 72.6 Å². The van der Waals surface area contributed by atoms with Gasteiger partial charge in [0.2, 0.25) is 0 Å². The van der Waals surface area contributed by atoms with Crippen LogP contribution in [-0.2, 0) is 4.74 Å². The van der Waals surface area contributed by atoms with Gasteiger partial charge in [0.25, 0.3) is 0 Å². The van der Waals surface area contributed by atoms with E-state index in [1.54, 1.807) is 0 Å². The first-order chi connectivity index (χ1) is 8.41. The van der Waals surface area contributed by atoms with E-state index < -0.39 is 0 Å². The highest BCUT2D eigenvalue weighted by molar-refractivity contribution is 4.93. The summed E-state index contributed by atoms with van der Waals surface area (Å²) in [7, 11) is 1.89. The minimum absolute atomic E-state index is 0.198. The highest BCUT2D eigenvalue weighted by Gasteiger charge is 2.38. The van der Waals surface area contributed by atoms with Crippen molar-refractivity contribution in [1.82, 2.24) is 5.32 Å². The Balaban J connectivity index is 2.44. The van der Waals surface area contributed by atoms with Gasteiger partial charge in [0, 0.05) is 13.2 Å². The zero-order valence-electron chi connectivity index (χ0n) is 13.1. The van der Waals surface area contributed by atoms with Crippen LogP contribution in [-0.4, -0.2) is 25.3 Å². The Hall–Kier alpha value is -0.0800. The first-order valence-electron chi connectivity index (χ1n) is 7.69. The molecule has 108 valence electrons. The molecule has 2 nitrogen and oxygen atoms in total. The van der Waals surface area contributed by atoms with E-state index >= 15 is 0 Å². The second kappa shape index (κ2) is 6.91. The van der Waals surface area contributed by atoms with Crippen molar-refractivity contribution >= 4 is 0 Å². The second-order valence-electron chi connectivity index (χ2n) is 7.20. The fraction of sp³-hybridized carbons (Fsp3) is 1.00. The molecular weight excluding hydrogens is 222 g/mol. The van der Waals surface area contributed by atoms with Crippen LogP contribution in [0.2, 0.25) is 0 Å². The molecule has 0 aromatic heterocycles. The molecule has 0 spiro atoms. The van der Waals surface area contributed by atoms with E-state index in [2.05, 4.69) is 33.0 Å². The molecule has 0 heterocycles. The lowest BCUT2D eigenvalue weighted by atomic mass is 9.74. The van der Waals surface area contributed by atoms with E-state index in [9.17, 15) is 0 Å². The van der Waals surface area contributed by atoms with E-state index in [0.29, 0.717) is 11.5 Å². The molecule has 0 aromatic carbocycles. The van der Waals surface area contributed by atoms with E-state index in [-0.39, 0.29) is 5.60 Å². The third-order valence-electron chi connectivity index (χ3n) is 4.24. The summed E-state index contributed by atoms with van der Waals surface area (Å²) >= 11 is 0. The van der Waals surface area contributed by atoms with Gasteiger partial charge in [-0.3, -0.25) is 0 Å². The minimum Gasteiger partial charge on any atom is -0.378 e. The fourth-order valence-corrected chi connectivity index (χ4v) is 2.74. The van der Waals surface area contributed by atoms with Crippen LogP contribution in [0.4, 0.5) is 0 Å². The summed E-state index contributed by atoms with van der Waals surface area (Å²) in [6.07, 6.45) is 8.81. The van der Waals surface area contributed by atoms with Gasteiger partial charge in [0.15, 0.2) is 0 Å². The maximum Gasteiger partial charge on any atom is 0.0693 e. The second-order valence-corrected chi connectivity index (χ2v) is 7.20. The Kier molecular flexibility index (Phi) is 6.13. The van der Waals surface area contributed by atoms with Gasteiger partial charge in [0.1, 0.15) is 0 Å². The monoisotopic (exact) mass is 255 g/mol. The molecule has 0 bridgehead atoms. The van der Waals surface area contributed by atoms with E-state index in [1.165, 1.54) is 44.9 Å². The molecule has 18 heavy (non-hydrogen) atoms. The molecule has 0 amide bonds. The highest BCUT2D eigenvalue weighted by Crippen LogP contribution is 2.39. The Morgan fingerprint density at radius 1 is 1.28 bits per heavy atom. The topological polar surface area (TPSA) is 21.3 Å². The fourth-order valence-electron chi connectivity index (χ4n) is 2.74. The molecular formula is C16H33NO. The molecule has 1 N–H and O–H groups in total. The van der Waals surface area contributed by atoms with Gasteiger partial charge in [-0.1, -0.05) is 27.7 Å². The predicted molar refractivity (Wildman–Crippen MR) is 79.0 cm³/mol. The Bertz CT molecular complexity index is 222. The number of ether oxygens (including phenoxy) is 1. The third kappa shape index (κ3) is 5.27.